The first kappa shape index (κ1) is 19.8. The van der Waals surface area contributed by atoms with Gasteiger partial charge in [0.2, 0.25) is 0 Å². The molecule has 3 unspecified atom stereocenters. The largest absolute Gasteiger partial charge is 0.0879 e. The van der Waals surface area contributed by atoms with Crippen LogP contribution in [0.15, 0.2) is 54.6 Å². The average Bonchev–Trinajstić information content (AvgIpc) is 2.64. The third-order valence-corrected chi connectivity index (χ3v) is 5.64. The SMILES string of the molecule is CCC(C)CCCC(C)CCC=CC(C)c1ccc2ccccc2c1. The Morgan fingerprint density at radius 2 is 1.56 bits per heavy atom. The zero-order chi connectivity index (χ0) is 18.1. The van der Waals surface area contributed by atoms with Crippen molar-refractivity contribution in [3.05, 3.63) is 60.2 Å². The second-order valence-corrected chi connectivity index (χ2v) is 7.95. The lowest BCUT2D eigenvalue weighted by Gasteiger charge is -2.12. The highest BCUT2D eigenvalue weighted by molar-refractivity contribution is 5.83. The second kappa shape index (κ2) is 10.4. The van der Waals surface area contributed by atoms with Gasteiger partial charge in [-0.15, -0.1) is 0 Å². The molecule has 0 radical (unpaired) electrons. The molecule has 136 valence electrons. The third kappa shape index (κ3) is 6.69. The molecule has 0 amide bonds. The summed E-state index contributed by atoms with van der Waals surface area (Å²) in [5.74, 6) is 2.24. The normalized spacial score (nSPS) is 15.5. The molecule has 0 saturated carbocycles. The molecule has 0 nitrogen and oxygen atoms in total. The molecule has 2 aromatic rings. The van der Waals surface area contributed by atoms with E-state index in [0.29, 0.717) is 5.92 Å². The van der Waals surface area contributed by atoms with Gasteiger partial charge in [-0.1, -0.05) is 108 Å². The summed E-state index contributed by atoms with van der Waals surface area (Å²) in [5, 5.41) is 2.67. The fourth-order valence-corrected chi connectivity index (χ4v) is 3.45. The van der Waals surface area contributed by atoms with Crippen LogP contribution >= 0.6 is 0 Å². The highest BCUT2D eigenvalue weighted by Crippen LogP contribution is 2.23. The van der Waals surface area contributed by atoms with E-state index in [4.69, 9.17) is 0 Å². The standard InChI is InChI=1S/C25H36/c1-5-20(2)12-10-13-21(3)11-6-7-14-22(4)24-18-17-23-15-8-9-16-25(23)19-24/h7-9,14-22H,5-6,10-13H2,1-4H3. The van der Waals surface area contributed by atoms with Gasteiger partial charge >= 0.3 is 0 Å². The van der Waals surface area contributed by atoms with Gasteiger partial charge in [0.1, 0.15) is 0 Å². The van der Waals surface area contributed by atoms with Crippen LogP contribution in [0.1, 0.15) is 77.7 Å². The van der Waals surface area contributed by atoms with Gasteiger partial charge in [-0.3, -0.25) is 0 Å². The number of rotatable bonds is 10. The molecule has 3 atom stereocenters. The average molecular weight is 337 g/mol. The molecule has 2 rings (SSSR count). The summed E-state index contributed by atoms with van der Waals surface area (Å²) in [7, 11) is 0. The van der Waals surface area contributed by atoms with Gasteiger partial charge < -0.3 is 0 Å². The number of benzene rings is 2. The Morgan fingerprint density at radius 1 is 0.840 bits per heavy atom. The van der Waals surface area contributed by atoms with E-state index in [1.807, 2.05) is 0 Å². The highest BCUT2D eigenvalue weighted by atomic mass is 14.1. The summed E-state index contributed by atoms with van der Waals surface area (Å²) < 4.78 is 0. The van der Waals surface area contributed by atoms with E-state index in [1.54, 1.807) is 0 Å². The number of hydrogen-bond acceptors (Lipinski definition) is 0. The fraction of sp³-hybridized carbons (Fsp3) is 0.520. The van der Waals surface area contributed by atoms with Crippen molar-refractivity contribution in [3.8, 4) is 0 Å². The second-order valence-electron chi connectivity index (χ2n) is 7.95. The van der Waals surface area contributed by atoms with Crippen molar-refractivity contribution < 1.29 is 0 Å². The van der Waals surface area contributed by atoms with Crippen molar-refractivity contribution in [2.45, 2.75) is 72.1 Å². The van der Waals surface area contributed by atoms with E-state index in [0.717, 1.165) is 11.8 Å². The number of fused-ring (bicyclic) bond motifs is 1. The van der Waals surface area contributed by atoms with E-state index < -0.39 is 0 Å². The minimum atomic E-state index is 0.491. The zero-order valence-electron chi connectivity index (χ0n) is 16.7. The molecule has 0 aliphatic rings. The molecule has 2 aromatic carbocycles. The molecule has 0 aliphatic heterocycles. The lowest BCUT2D eigenvalue weighted by atomic mass is 9.93. The summed E-state index contributed by atoms with van der Waals surface area (Å²) in [4.78, 5) is 0. The number of hydrogen-bond donors (Lipinski definition) is 0. The molecule has 0 saturated heterocycles. The van der Waals surface area contributed by atoms with Gasteiger partial charge in [-0.05, 0) is 46.9 Å². The van der Waals surface area contributed by atoms with Crippen LogP contribution in [0.2, 0.25) is 0 Å². The maximum Gasteiger partial charge on any atom is -0.00102 e. The maximum absolute atomic E-state index is 2.41. The summed E-state index contributed by atoms with van der Waals surface area (Å²) in [6.07, 6.45) is 12.8. The Kier molecular flexibility index (Phi) is 8.25. The first-order valence-corrected chi connectivity index (χ1v) is 10.3. The Morgan fingerprint density at radius 3 is 2.32 bits per heavy atom. The molecule has 0 bridgehead atoms. The monoisotopic (exact) mass is 336 g/mol. The van der Waals surface area contributed by atoms with Gasteiger partial charge in [-0.25, -0.2) is 0 Å². The van der Waals surface area contributed by atoms with Crippen LogP contribution in [0.4, 0.5) is 0 Å². The minimum Gasteiger partial charge on any atom is -0.0879 e. The summed E-state index contributed by atoms with van der Waals surface area (Å²) in [6.45, 7) is 9.39. The van der Waals surface area contributed by atoms with Crippen LogP contribution in [0.25, 0.3) is 10.8 Å². The lowest BCUT2D eigenvalue weighted by molar-refractivity contribution is 0.420. The van der Waals surface area contributed by atoms with Crippen molar-refractivity contribution in [1.29, 1.82) is 0 Å². The van der Waals surface area contributed by atoms with Crippen molar-refractivity contribution in [3.63, 3.8) is 0 Å². The molecule has 0 spiro atoms. The van der Waals surface area contributed by atoms with E-state index in [1.165, 1.54) is 54.9 Å². The Labute approximate surface area is 155 Å². The molecular weight excluding hydrogens is 300 g/mol. The Bertz CT molecular complexity index is 652. The topological polar surface area (TPSA) is 0 Å². The zero-order valence-corrected chi connectivity index (χ0v) is 16.7. The van der Waals surface area contributed by atoms with Crippen molar-refractivity contribution >= 4 is 10.8 Å². The van der Waals surface area contributed by atoms with Crippen molar-refractivity contribution in [2.24, 2.45) is 11.8 Å². The highest BCUT2D eigenvalue weighted by Gasteiger charge is 2.05. The summed E-state index contributed by atoms with van der Waals surface area (Å²) in [5.41, 5.74) is 1.41. The number of allylic oxidation sites excluding steroid dienone is 2. The molecule has 25 heavy (non-hydrogen) atoms. The summed E-state index contributed by atoms with van der Waals surface area (Å²) in [6, 6.07) is 15.5. The van der Waals surface area contributed by atoms with E-state index in [2.05, 4.69) is 82.3 Å². The molecule has 0 fully saturated rings. The first-order valence-electron chi connectivity index (χ1n) is 10.3. The van der Waals surface area contributed by atoms with Crippen LogP contribution in [-0.2, 0) is 0 Å². The van der Waals surface area contributed by atoms with Crippen LogP contribution in [0, 0.1) is 11.8 Å². The van der Waals surface area contributed by atoms with Crippen LogP contribution in [0.5, 0.6) is 0 Å². The van der Waals surface area contributed by atoms with Gasteiger partial charge in [0, 0.05) is 0 Å². The van der Waals surface area contributed by atoms with Gasteiger partial charge in [-0.2, -0.15) is 0 Å². The van der Waals surface area contributed by atoms with E-state index >= 15 is 0 Å². The third-order valence-electron chi connectivity index (χ3n) is 5.64. The Balaban J connectivity index is 1.75. The predicted molar refractivity (Wildman–Crippen MR) is 113 cm³/mol. The molecular formula is C25H36. The van der Waals surface area contributed by atoms with Crippen LogP contribution < -0.4 is 0 Å². The van der Waals surface area contributed by atoms with Gasteiger partial charge in [0.15, 0.2) is 0 Å². The van der Waals surface area contributed by atoms with Crippen molar-refractivity contribution in [2.75, 3.05) is 0 Å². The minimum absolute atomic E-state index is 0.491. The van der Waals surface area contributed by atoms with Crippen molar-refractivity contribution in [1.82, 2.24) is 0 Å². The van der Waals surface area contributed by atoms with Crippen LogP contribution in [0.3, 0.4) is 0 Å². The molecule has 0 heterocycles. The predicted octanol–water partition coefficient (Wildman–Crippen LogP) is 8.13. The maximum atomic E-state index is 2.41. The Hall–Kier alpha value is -1.56. The lowest BCUT2D eigenvalue weighted by Crippen LogP contribution is -1.97. The molecule has 0 N–H and O–H groups in total. The first-order chi connectivity index (χ1) is 12.1. The van der Waals surface area contributed by atoms with E-state index in [9.17, 15) is 0 Å². The molecule has 0 aromatic heterocycles. The molecule has 0 heteroatoms. The quantitative estimate of drug-likeness (QED) is 0.384. The fourth-order valence-electron chi connectivity index (χ4n) is 3.45. The van der Waals surface area contributed by atoms with E-state index in [-0.39, 0.29) is 0 Å². The smallest absolute Gasteiger partial charge is 0.00102 e. The molecule has 0 aliphatic carbocycles. The van der Waals surface area contributed by atoms with Gasteiger partial charge in [0.05, 0.1) is 0 Å². The summed E-state index contributed by atoms with van der Waals surface area (Å²) >= 11 is 0. The van der Waals surface area contributed by atoms with Crippen LogP contribution in [-0.4, -0.2) is 0 Å². The van der Waals surface area contributed by atoms with Gasteiger partial charge in [0.25, 0.3) is 0 Å².